The van der Waals surface area contributed by atoms with Gasteiger partial charge in [-0.05, 0) is 41.6 Å². The average molecular weight is 307 g/mol. The largest absolute Gasteiger partial charge is 0.469 e. The summed E-state index contributed by atoms with van der Waals surface area (Å²) < 4.78 is 4.77. The molecule has 2 N–H and O–H groups in total. The molecule has 2 rings (SSSR count). The van der Waals surface area contributed by atoms with Crippen LogP contribution in [-0.2, 0) is 16.0 Å². The van der Waals surface area contributed by atoms with Gasteiger partial charge in [-0.1, -0.05) is 31.2 Å². The molecule has 0 bridgehead atoms. The predicted molar refractivity (Wildman–Crippen MR) is 88.4 cm³/mol. The molecule has 0 heterocycles. The molecule has 0 aliphatic heterocycles. The molecule has 21 heavy (non-hydrogen) atoms. The molecule has 1 saturated carbocycles. The second-order valence-corrected chi connectivity index (χ2v) is 7.00. The van der Waals surface area contributed by atoms with Crippen LogP contribution in [0.5, 0.6) is 0 Å². The molecular weight excluding hydrogens is 282 g/mol. The zero-order valence-electron chi connectivity index (χ0n) is 12.9. The van der Waals surface area contributed by atoms with E-state index in [1.807, 2.05) is 11.8 Å². The third-order valence-electron chi connectivity index (χ3n) is 4.23. The van der Waals surface area contributed by atoms with E-state index in [0.717, 1.165) is 30.8 Å². The highest BCUT2D eigenvalue weighted by Crippen LogP contribution is 2.51. The van der Waals surface area contributed by atoms with Crippen LogP contribution >= 0.6 is 11.8 Å². The lowest BCUT2D eigenvalue weighted by atomic mass is 10.1. The normalized spacial score (nSPS) is 17.3. The summed E-state index contributed by atoms with van der Waals surface area (Å²) in [6.07, 6.45) is 3.88. The number of esters is 1. The predicted octanol–water partition coefficient (Wildman–Crippen LogP) is 3.33. The van der Waals surface area contributed by atoms with Crippen molar-refractivity contribution in [1.29, 1.82) is 0 Å². The van der Waals surface area contributed by atoms with Crippen LogP contribution in [0.3, 0.4) is 0 Å². The van der Waals surface area contributed by atoms with Crippen molar-refractivity contribution >= 4 is 17.7 Å². The maximum atomic E-state index is 11.4. The van der Waals surface area contributed by atoms with Crippen molar-refractivity contribution in [3.63, 3.8) is 0 Å². The van der Waals surface area contributed by atoms with E-state index in [2.05, 4.69) is 31.2 Å². The highest BCUT2D eigenvalue weighted by molar-refractivity contribution is 7.99. The monoisotopic (exact) mass is 307 g/mol. The van der Waals surface area contributed by atoms with Gasteiger partial charge in [-0.2, -0.15) is 11.8 Å². The number of methoxy groups -OCH3 is 1. The Morgan fingerprint density at radius 2 is 2.05 bits per heavy atom. The molecule has 1 aromatic rings. The summed E-state index contributed by atoms with van der Waals surface area (Å²) in [5, 5.41) is 0. The van der Waals surface area contributed by atoms with Gasteiger partial charge >= 0.3 is 5.97 Å². The molecule has 3 nitrogen and oxygen atoms in total. The first kappa shape index (κ1) is 16.4. The Morgan fingerprint density at radius 3 is 2.57 bits per heavy atom. The number of thioether (sulfide) groups is 1. The first-order valence-corrected chi connectivity index (χ1v) is 8.73. The molecule has 1 fully saturated rings. The van der Waals surface area contributed by atoms with Gasteiger partial charge in [-0.25, -0.2) is 0 Å². The topological polar surface area (TPSA) is 52.3 Å². The number of hydrogen-bond donors (Lipinski definition) is 1. The van der Waals surface area contributed by atoms with E-state index in [9.17, 15) is 4.79 Å². The second-order valence-electron chi connectivity index (χ2n) is 5.97. The molecule has 4 heteroatoms. The summed E-state index contributed by atoms with van der Waals surface area (Å²) in [6, 6.07) is 8.63. The molecular formula is C17H25NO2S. The van der Waals surface area contributed by atoms with Crippen molar-refractivity contribution in [3.05, 3.63) is 35.4 Å². The van der Waals surface area contributed by atoms with Crippen molar-refractivity contribution in [2.45, 2.75) is 38.6 Å². The summed E-state index contributed by atoms with van der Waals surface area (Å²) in [4.78, 5) is 11.4. The second kappa shape index (κ2) is 7.32. The number of nitrogens with two attached hydrogens (primary N) is 1. The Labute approximate surface area is 131 Å². The van der Waals surface area contributed by atoms with Crippen molar-refractivity contribution in [2.75, 3.05) is 18.6 Å². The van der Waals surface area contributed by atoms with E-state index in [1.165, 1.54) is 18.2 Å². The molecule has 1 aliphatic rings. The van der Waals surface area contributed by atoms with Crippen LogP contribution in [0.2, 0.25) is 0 Å². The molecule has 1 aromatic carbocycles. The smallest absolute Gasteiger partial charge is 0.306 e. The van der Waals surface area contributed by atoms with Crippen LogP contribution in [0.25, 0.3) is 0 Å². The Bertz CT molecular complexity index is 468. The maximum Gasteiger partial charge on any atom is 0.306 e. The van der Waals surface area contributed by atoms with Gasteiger partial charge < -0.3 is 10.5 Å². The summed E-state index contributed by atoms with van der Waals surface area (Å²) in [5.74, 6) is 1.81. The zero-order valence-corrected chi connectivity index (χ0v) is 13.7. The Kier molecular flexibility index (Phi) is 5.71. The Balaban J connectivity index is 1.76. The summed E-state index contributed by atoms with van der Waals surface area (Å²) in [5.41, 5.74) is 8.97. The number of rotatable bonds is 8. The van der Waals surface area contributed by atoms with Crippen LogP contribution in [0.15, 0.2) is 24.3 Å². The number of hydrogen-bond acceptors (Lipinski definition) is 4. The van der Waals surface area contributed by atoms with Crippen LogP contribution < -0.4 is 5.73 Å². The van der Waals surface area contributed by atoms with E-state index in [0.29, 0.717) is 6.42 Å². The molecule has 0 amide bonds. The fourth-order valence-corrected chi connectivity index (χ4v) is 3.81. The summed E-state index contributed by atoms with van der Waals surface area (Å²) >= 11 is 1.86. The van der Waals surface area contributed by atoms with Crippen LogP contribution in [-0.4, -0.2) is 24.6 Å². The van der Waals surface area contributed by atoms with Gasteiger partial charge in [0.05, 0.1) is 13.5 Å². The van der Waals surface area contributed by atoms with Gasteiger partial charge in [0.25, 0.3) is 0 Å². The lowest BCUT2D eigenvalue weighted by Gasteiger charge is -2.16. The van der Waals surface area contributed by atoms with Crippen LogP contribution in [0, 0.1) is 5.41 Å². The van der Waals surface area contributed by atoms with Crippen molar-refractivity contribution in [2.24, 2.45) is 11.1 Å². The van der Waals surface area contributed by atoms with Crippen molar-refractivity contribution in [1.82, 2.24) is 0 Å². The minimum atomic E-state index is -0.0902. The minimum absolute atomic E-state index is 0.0647. The number of ether oxygens (including phenoxy) is 1. The van der Waals surface area contributed by atoms with Gasteiger partial charge in [0, 0.05) is 11.8 Å². The molecule has 0 spiro atoms. The van der Waals surface area contributed by atoms with E-state index < -0.39 is 0 Å². The minimum Gasteiger partial charge on any atom is -0.469 e. The quantitative estimate of drug-likeness (QED) is 0.749. The van der Waals surface area contributed by atoms with E-state index >= 15 is 0 Å². The first-order chi connectivity index (χ1) is 10.1. The fourth-order valence-electron chi connectivity index (χ4n) is 2.43. The van der Waals surface area contributed by atoms with E-state index in [1.54, 1.807) is 0 Å². The van der Waals surface area contributed by atoms with E-state index in [-0.39, 0.29) is 17.4 Å². The number of benzene rings is 1. The van der Waals surface area contributed by atoms with Gasteiger partial charge in [-0.15, -0.1) is 0 Å². The standard InChI is InChI=1S/C17H25NO2S/c1-3-13-4-6-14(7-5-13)15(18)11-21-12-17(8-9-17)10-16(19)20-2/h4-7,15H,3,8-12,18H2,1-2H3. The molecule has 1 atom stereocenters. The average Bonchev–Trinajstić information content (AvgIpc) is 3.26. The van der Waals surface area contributed by atoms with Crippen molar-refractivity contribution < 1.29 is 9.53 Å². The molecule has 0 saturated heterocycles. The highest BCUT2D eigenvalue weighted by atomic mass is 32.2. The van der Waals surface area contributed by atoms with Crippen molar-refractivity contribution in [3.8, 4) is 0 Å². The molecule has 1 aliphatic carbocycles. The SMILES string of the molecule is CCc1ccc(C(N)CSCC2(CC(=O)OC)CC2)cc1. The van der Waals surface area contributed by atoms with Gasteiger partial charge in [0.15, 0.2) is 0 Å². The number of aryl methyl sites for hydroxylation is 1. The Hall–Kier alpha value is -1.00. The lowest BCUT2D eigenvalue weighted by molar-refractivity contribution is -0.141. The Morgan fingerprint density at radius 1 is 1.38 bits per heavy atom. The van der Waals surface area contributed by atoms with Gasteiger partial charge in [0.2, 0.25) is 0 Å². The third kappa shape index (κ3) is 4.75. The van der Waals surface area contributed by atoms with Gasteiger partial charge in [-0.3, -0.25) is 4.79 Å². The molecule has 0 radical (unpaired) electrons. The molecule has 116 valence electrons. The first-order valence-electron chi connectivity index (χ1n) is 7.57. The fraction of sp³-hybridized carbons (Fsp3) is 0.588. The van der Waals surface area contributed by atoms with Crippen LogP contribution in [0.4, 0.5) is 0 Å². The summed E-state index contributed by atoms with van der Waals surface area (Å²) in [7, 11) is 1.46. The number of carbonyl (C=O) groups excluding carboxylic acids is 1. The number of carbonyl (C=O) groups is 1. The molecule has 1 unspecified atom stereocenters. The summed E-state index contributed by atoms with van der Waals surface area (Å²) in [6.45, 7) is 2.15. The molecule has 0 aromatic heterocycles. The lowest BCUT2D eigenvalue weighted by Crippen LogP contribution is -2.17. The maximum absolute atomic E-state index is 11.4. The zero-order chi connectivity index (χ0) is 15.3. The highest BCUT2D eigenvalue weighted by Gasteiger charge is 2.44. The van der Waals surface area contributed by atoms with Gasteiger partial charge in [0.1, 0.15) is 0 Å². The van der Waals surface area contributed by atoms with Crippen LogP contribution in [0.1, 0.15) is 43.4 Å². The third-order valence-corrected chi connectivity index (χ3v) is 5.64. The van der Waals surface area contributed by atoms with E-state index in [4.69, 9.17) is 10.5 Å².